The molecule has 136 valence electrons. The number of hydrogen-bond acceptors (Lipinski definition) is 7. The van der Waals surface area contributed by atoms with Gasteiger partial charge in [0.2, 0.25) is 6.19 Å². The summed E-state index contributed by atoms with van der Waals surface area (Å²) in [6.07, 6.45) is 3.07. The van der Waals surface area contributed by atoms with Crippen molar-refractivity contribution in [3.05, 3.63) is 47.2 Å². The summed E-state index contributed by atoms with van der Waals surface area (Å²) in [4.78, 5) is 4.51. The van der Waals surface area contributed by atoms with Crippen molar-refractivity contribution in [2.45, 2.75) is 18.0 Å². The van der Waals surface area contributed by atoms with Crippen molar-refractivity contribution in [2.75, 3.05) is 5.32 Å². The third-order valence-corrected chi connectivity index (χ3v) is 5.30. The number of nitrogens with zero attached hydrogens (tertiary/aromatic N) is 6. The number of anilines is 1. The van der Waals surface area contributed by atoms with E-state index < -0.39 is 9.92 Å². The fraction of sp³-hybridized carbons (Fsp3) is 0.125. The highest BCUT2D eigenvalue weighted by atomic mass is 35.5. The number of nitrogens with one attached hydrogen (secondary N) is 1. The van der Waals surface area contributed by atoms with Crippen LogP contribution in [0.5, 0.6) is 0 Å². The van der Waals surface area contributed by atoms with Gasteiger partial charge in [-0.25, -0.2) is 19.0 Å². The lowest BCUT2D eigenvalue weighted by Gasteiger charge is -2.09. The fourth-order valence-corrected chi connectivity index (χ4v) is 3.52. The molecule has 0 aliphatic carbocycles. The van der Waals surface area contributed by atoms with Crippen molar-refractivity contribution in [2.24, 2.45) is 9.50 Å². The zero-order valence-corrected chi connectivity index (χ0v) is 15.4. The predicted molar refractivity (Wildman–Crippen MR) is 101 cm³/mol. The number of aromatic nitrogens is 3. The minimum absolute atomic E-state index is 0.0489. The smallest absolute Gasteiger partial charge is 0.216 e. The Kier molecular flexibility index (Phi) is 5.23. The maximum atomic E-state index is 12.0. The Bertz CT molecular complexity index is 1200. The van der Waals surface area contributed by atoms with Crippen LogP contribution in [0.3, 0.4) is 0 Å². The van der Waals surface area contributed by atoms with E-state index >= 15 is 0 Å². The number of hydrogen-bond donors (Lipinski definition) is 2. The highest BCUT2D eigenvalue weighted by Gasteiger charge is 2.14. The van der Waals surface area contributed by atoms with Crippen LogP contribution in [0.2, 0.25) is 5.15 Å². The van der Waals surface area contributed by atoms with E-state index in [0.29, 0.717) is 17.6 Å². The van der Waals surface area contributed by atoms with E-state index in [2.05, 4.69) is 19.8 Å². The highest BCUT2D eigenvalue weighted by molar-refractivity contribution is 7.91. The van der Waals surface area contributed by atoms with E-state index in [4.69, 9.17) is 27.3 Å². The van der Waals surface area contributed by atoms with E-state index in [9.17, 15) is 4.21 Å². The lowest BCUT2D eigenvalue weighted by atomic mass is 10.2. The van der Waals surface area contributed by atoms with Gasteiger partial charge in [-0.2, -0.15) is 15.6 Å². The molecule has 1 unspecified atom stereocenters. The van der Waals surface area contributed by atoms with Gasteiger partial charge in [0.05, 0.1) is 22.0 Å². The molecule has 1 atom stereocenters. The van der Waals surface area contributed by atoms with Crippen molar-refractivity contribution >= 4 is 38.2 Å². The molecule has 9 nitrogen and oxygen atoms in total. The molecule has 0 bridgehead atoms. The summed E-state index contributed by atoms with van der Waals surface area (Å²) in [6.45, 7) is 0.494. The quantitative estimate of drug-likeness (QED) is 0.628. The van der Waals surface area contributed by atoms with Crippen molar-refractivity contribution in [3.8, 4) is 12.3 Å². The van der Waals surface area contributed by atoms with Crippen LogP contribution in [0.4, 0.5) is 5.69 Å². The fourth-order valence-electron chi connectivity index (χ4n) is 2.49. The van der Waals surface area contributed by atoms with Crippen molar-refractivity contribution < 1.29 is 4.21 Å². The van der Waals surface area contributed by atoms with Crippen LogP contribution in [-0.2, 0) is 23.0 Å². The maximum absolute atomic E-state index is 12.0. The normalized spacial score (nSPS) is 12.7. The molecule has 3 aromatic rings. The number of nitrogens with two attached hydrogens (primary N) is 1. The number of fused-ring (bicyclic) bond motifs is 1. The second-order valence-corrected chi connectivity index (χ2v) is 7.57. The Morgan fingerprint density at radius 2 is 2.04 bits per heavy atom. The molecule has 11 heteroatoms. The molecule has 3 N–H and O–H groups in total. The number of halogens is 1. The van der Waals surface area contributed by atoms with Crippen LogP contribution in [0, 0.1) is 22.8 Å². The summed E-state index contributed by atoms with van der Waals surface area (Å²) in [6, 6.07) is 10.4. The van der Waals surface area contributed by atoms with Gasteiger partial charge in [0.25, 0.3) is 0 Å². The molecule has 0 aliphatic heterocycles. The third-order valence-electron chi connectivity index (χ3n) is 3.73. The first-order chi connectivity index (χ1) is 13.0. The zero-order valence-electron chi connectivity index (χ0n) is 13.8. The summed E-state index contributed by atoms with van der Waals surface area (Å²) in [5.74, 6) is 0. The number of rotatable bonds is 5. The third kappa shape index (κ3) is 3.83. The van der Waals surface area contributed by atoms with Crippen LogP contribution < -0.4 is 10.5 Å². The van der Waals surface area contributed by atoms with E-state index in [0.717, 1.165) is 11.3 Å². The number of benzene rings is 1. The second-order valence-electron chi connectivity index (χ2n) is 5.42. The summed E-state index contributed by atoms with van der Waals surface area (Å²) in [5.41, 5.74) is 2.12. The standard InChI is InChI=1S/C16H13ClN8OS/c17-15-14-13(5-7-21-16(14)25(24-15)8-6-18)22-9-11-1-3-12(4-2-11)27(20,26)23-10-19/h1-5,7H,8-9H2,(H,21,22)(H2,20,23,26). The molecule has 3 rings (SSSR count). The largest absolute Gasteiger partial charge is 0.380 e. The molecule has 0 fully saturated rings. The van der Waals surface area contributed by atoms with Gasteiger partial charge in [-0.3, -0.25) is 0 Å². The minimum Gasteiger partial charge on any atom is -0.380 e. The van der Waals surface area contributed by atoms with Gasteiger partial charge in [0.1, 0.15) is 16.5 Å². The van der Waals surface area contributed by atoms with Gasteiger partial charge >= 0.3 is 0 Å². The van der Waals surface area contributed by atoms with E-state index in [1.54, 1.807) is 36.5 Å². The molecule has 1 aromatic carbocycles. The highest BCUT2D eigenvalue weighted by Crippen LogP contribution is 2.29. The van der Waals surface area contributed by atoms with Gasteiger partial charge in [0.15, 0.2) is 10.8 Å². The maximum Gasteiger partial charge on any atom is 0.216 e. The van der Waals surface area contributed by atoms with Crippen LogP contribution in [-0.4, -0.2) is 19.0 Å². The average molecular weight is 401 g/mol. The summed E-state index contributed by atoms with van der Waals surface area (Å²) >= 11 is 6.20. The van der Waals surface area contributed by atoms with Crippen LogP contribution in [0.1, 0.15) is 5.56 Å². The summed E-state index contributed by atoms with van der Waals surface area (Å²) < 4.78 is 16.7. The van der Waals surface area contributed by atoms with Crippen molar-refractivity contribution in [1.29, 1.82) is 10.5 Å². The Morgan fingerprint density at radius 3 is 2.70 bits per heavy atom. The second kappa shape index (κ2) is 7.60. The Morgan fingerprint density at radius 1 is 1.30 bits per heavy atom. The number of pyridine rings is 1. The molecule has 0 saturated carbocycles. The molecule has 2 heterocycles. The number of nitriles is 2. The van der Waals surface area contributed by atoms with Gasteiger partial charge in [-0.15, -0.1) is 4.36 Å². The first-order valence-electron chi connectivity index (χ1n) is 7.60. The molecule has 0 aliphatic rings. The topological polar surface area (TPSA) is 146 Å². The van der Waals surface area contributed by atoms with Crippen LogP contribution in [0.25, 0.3) is 11.0 Å². The molecule has 0 amide bonds. The van der Waals surface area contributed by atoms with Gasteiger partial charge in [-0.1, -0.05) is 23.7 Å². The van der Waals surface area contributed by atoms with Gasteiger partial charge in [0, 0.05) is 12.7 Å². The van der Waals surface area contributed by atoms with Crippen molar-refractivity contribution in [3.63, 3.8) is 0 Å². The van der Waals surface area contributed by atoms with E-state index in [-0.39, 0.29) is 16.6 Å². The molecular formula is C16H13ClN8OS. The molecule has 0 radical (unpaired) electrons. The van der Waals surface area contributed by atoms with Gasteiger partial charge < -0.3 is 5.32 Å². The summed E-state index contributed by atoms with van der Waals surface area (Å²) in [5, 5.41) is 31.2. The van der Waals surface area contributed by atoms with Crippen LogP contribution in [0.15, 0.2) is 45.8 Å². The Labute approximate surface area is 160 Å². The molecule has 0 saturated heterocycles. The van der Waals surface area contributed by atoms with Gasteiger partial charge in [-0.05, 0) is 23.8 Å². The zero-order chi connectivity index (χ0) is 19.4. The Balaban J connectivity index is 1.84. The minimum atomic E-state index is -3.20. The average Bonchev–Trinajstić information content (AvgIpc) is 2.97. The van der Waals surface area contributed by atoms with E-state index in [1.807, 2.05) is 6.07 Å². The molecular weight excluding hydrogens is 388 g/mol. The van der Waals surface area contributed by atoms with Crippen LogP contribution >= 0.6 is 11.6 Å². The molecule has 2 aromatic heterocycles. The predicted octanol–water partition coefficient (Wildman–Crippen LogP) is 2.40. The Hall–Kier alpha value is -3.18. The van der Waals surface area contributed by atoms with E-state index in [1.165, 1.54) is 10.9 Å². The molecule has 0 spiro atoms. The first kappa shape index (κ1) is 18.6. The lowest BCUT2D eigenvalue weighted by Crippen LogP contribution is -2.12. The molecule has 27 heavy (non-hydrogen) atoms. The SMILES string of the molecule is N#CCn1nc(Cl)c2c(NCc3ccc(S(N)(=O)=NC#N)cc3)ccnc21. The van der Waals surface area contributed by atoms with Crippen molar-refractivity contribution in [1.82, 2.24) is 14.8 Å². The lowest BCUT2D eigenvalue weighted by molar-refractivity contribution is 0.678. The first-order valence-corrected chi connectivity index (χ1v) is 9.55. The monoisotopic (exact) mass is 400 g/mol. The summed E-state index contributed by atoms with van der Waals surface area (Å²) in [7, 11) is -3.20.